The van der Waals surface area contributed by atoms with Crippen LogP contribution < -0.4 is 19.8 Å². The van der Waals surface area contributed by atoms with Crippen LogP contribution in [-0.2, 0) is 24.6 Å². The first-order chi connectivity index (χ1) is 26.4. The minimum absolute atomic E-state index is 0.0563. The molecular formula is C42H34BrCl2N3O7. The lowest BCUT2D eigenvalue weighted by Gasteiger charge is -2.50. The Balaban J connectivity index is 1.35. The molecule has 0 aromatic heterocycles. The smallest absolute Gasteiger partial charge is 0.260 e. The maximum atomic E-state index is 15.5. The van der Waals surface area contributed by atoms with Crippen LogP contribution in [0, 0.1) is 23.7 Å². The molecule has 2 heterocycles. The van der Waals surface area contributed by atoms with Crippen LogP contribution in [0.4, 0.5) is 11.4 Å². The van der Waals surface area contributed by atoms with Gasteiger partial charge in [-0.05, 0) is 84.5 Å². The van der Waals surface area contributed by atoms with Gasteiger partial charge in [-0.25, -0.2) is 0 Å². The van der Waals surface area contributed by atoms with E-state index in [1.165, 1.54) is 25.2 Å². The maximum Gasteiger partial charge on any atom is 0.260 e. The van der Waals surface area contributed by atoms with E-state index in [-0.39, 0.29) is 46.9 Å². The number of allylic oxidation sites excluding steroid dienone is 2. The molecule has 2 aliphatic carbocycles. The maximum absolute atomic E-state index is 15.5. The second-order valence-corrected chi connectivity index (χ2v) is 15.8. The van der Waals surface area contributed by atoms with Gasteiger partial charge in [0.15, 0.2) is 11.5 Å². The van der Waals surface area contributed by atoms with E-state index in [4.69, 9.17) is 32.7 Å². The molecule has 0 unspecified atom stereocenters. The van der Waals surface area contributed by atoms with E-state index in [2.05, 4.69) is 27.9 Å². The van der Waals surface area contributed by atoms with Crippen molar-refractivity contribution in [3.63, 3.8) is 0 Å². The zero-order valence-electron chi connectivity index (χ0n) is 29.6. The Hall–Kier alpha value is -5.10. The standard InChI is InChI=1S/C42H34BrCl2N3O7/c1-4-21-5-10-25(11-6-21)47-38(50)28-15-14-27-29(35(28)40(47)52)20-31-39(51)48(46-33-16-9-24(44)19-32(33)45)41(53)42(31,22-7-12-26(54-2)13-8-22)36(27)30-17-23(43)18-34(55-3)37(30)49/h4-14,16-19,28-29,31,35-36,46,49H,1,15,20H2,2-3H3/t28-,29+,31-,35-,36+,42+/m0/s1. The summed E-state index contributed by atoms with van der Waals surface area (Å²) in [5.74, 6) is -5.71. The van der Waals surface area contributed by atoms with Crippen molar-refractivity contribution in [2.24, 2.45) is 23.7 Å². The van der Waals surface area contributed by atoms with E-state index >= 15 is 9.59 Å². The van der Waals surface area contributed by atoms with Crippen LogP contribution in [0.25, 0.3) is 6.08 Å². The number of amides is 4. The molecule has 2 N–H and O–H groups in total. The highest BCUT2D eigenvalue weighted by Gasteiger charge is 2.71. The summed E-state index contributed by atoms with van der Waals surface area (Å²) >= 11 is 16.3. The van der Waals surface area contributed by atoms with Crippen molar-refractivity contribution in [1.82, 2.24) is 5.01 Å². The van der Waals surface area contributed by atoms with Crippen molar-refractivity contribution in [2.45, 2.75) is 24.2 Å². The lowest BCUT2D eigenvalue weighted by molar-refractivity contribution is -0.138. The van der Waals surface area contributed by atoms with Gasteiger partial charge in [0.2, 0.25) is 11.8 Å². The van der Waals surface area contributed by atoms with Crippen molar-refractivity contribution in [2.75, 3.05) is 24.5 Å². The van der Waals surface area contributed by atoms with E-state index in [9.17, 15) is 14.7 Å². The normalized spacial score (nSPS) is 25.6. The first kappa shape index (κ1) is 36.9. The van der Waals surface area contributed by atoms with Gasteiger partial charge in [0, 0.05) is 21.0 Å². The van der Waals surface area contributed by atoms with Crippen LogP contribution in [-0.4, -0.2) is 48.0 Å². The van der Waals surface area contributed by atoms with Gasteiger partial charge in [-0.1, -0.05) is 87.7 Å². The Morgan fingerprint density at radius 2 is 1.64 bits per heavy atom. The number of carbonyl (C=O) groups is 4. The number of rotatable bonds is 8. The molecule has 3 fully saturated rings. The zero-order valence-corrected chi connectivity index (χ0v) is 32.7. The minimum Gasteiger partial charge on any atom is -0.504 e. The molecule has 55 heavy (non-hydrogen) atoms. The number of hydrazine groups is 1. The minimum atomic E-state index is -1.67. The lowest BCUT2D eigenvalue weighted by Crippen LogP contribution is -2.53. The number of imide groups is 2. The average Bonchev–Trinajstić information content (AvgIpc) is 3.57. The van der Waals surface area contributed by atoms with Crippen LogP contribution in [0.3, 0.4) is 0 Å². The second kappa shape index (κ2) is 13.9. The van der Waals surface area contributed by atoms with Crippen LogP contribution in [0.2, 0.25) is 10.0 Å². The number of carbonyl (C=O) groups excluding carboxylic acids is 4. The topological polar surface area (TPSA) is 125 Å². The fourth-order valence-electron chi connectivity index (χ4n) is 9.17. The molecule has 4 aromatic rings. The third-order valence-electron chi connectivity index (χ3n) is 11.6. The van der Waals surface area contributed by atoms with Crippen LogP contribution >= 0.6 is 39.1 Å². The summed E-state index contributed by atoms with van der Waals surface area (Å²) in [6.45, 7) is 3.80. The number of phenols is 1. The second-order valence-electron chi connectivity index (χ2n) is 14.1. The van der Waals surface area contributed by atoms with Gasteiger partial charge < -0.3 is 14.6 Å². The monoisotopic (exact) mass is 841 g/mol. The molecule has 2 aliphatic heterocycles. The first-order valence-electron chi connectivity index (χ1n) is 17.6. The van der Waals surface area contributed by atoms with Crippen molar-refractivity contribution in [1.29, 1.82) is 0 Å². The van der Waals surface area contributed by atoms with Crippen molar-refractivity contribution in [3.8, 4) is 17.2 Å². The predicted molar refractivity (Wildman–Crippen MR) is 212 cm³/mol. The number of halogens is 3. The van der Waals surface area contributed by atoms with Crippen LogP contribution in [0.5, 0.6) is 17.2 Å². The number of ether oxygens (including phenoxy) is 2. The Morgan fingerprint density at radius 3 is 2.29 bits per heavy atom. The number of methoxy groups -OCH3 is 2. The van der Waals surface area contributed by atoms with Gasteiger partial charge in [0.05, 0.1) is 53.8 Å². The van der Waals surface area contributed by atoms with E-state index in [1.54, 1.807) is 78.9 Å². The zero-order chi connectivity index (χ0) is 38.9. The number of phenolic OH excluding ortho intramolecular Hbond substituents is 1. The SMILES string of the molecule is C=Cc1ccc(N2C(=O)[C@H]3[C@H](CC=C4[C@H]3C[C@H]3C(=O)N(Nc5ccc(Cl)cc5Cl)C(=O)[C@@]3(c3ccc(OC)cc3)[C@H]4c3cc(Br)cc(OC)c3O)C2=O)cc1. The third kappa shape index (κ3) is 5.58. The van der Waals surface area contributed by atoms with Gasteiger partial charge in [0.1, 0.15) is 5.75 Å². The molecule has 4 aromatic carbocycles. The number of anilines is 2. The van der Waals surface area contributed by atoms with Crippen molar-refractivity contribution in [3.05, 3.63) is 128 Å². The summed E-state index contributed by atoms with van der Waals surface area (Å²) in [7, 11) is 2.95. The number of aromatic hydroxyl groups is 1. The number of nitrogens with one attached hydrogen (secondary N) is 1. The number of hydrogen-bond acceptors (Lipinski definition) is 8. The Labute approximate surface area is 335 Å². The highest BCUT2D eigenvalue weighted by molar-refractivity contribution is 9.10. The summed E-state index contributed by atoms with van der Waals surface area (Å²) in [6.07, 6.45) is 3.86. The van der Waals surface area contributed by atoms with Gasteiger partial charge >= 0.3 is 0 Å². The molecule has 4 amide bonds. The molecule has 10 nitrogen and oxygen atoms in total. The van der Waals surface area contributed by atoms with Crippen LogP contribution in [0.15, 0.2) is 102 Å². The molecule has 6 atom stereocenters. The first-order valence-corrected chi connectivity index (χ1v) is 19.1. The molecule has 280 valence electrons. The summed E-state index contributed by atoms with van der Waals surface area (Å²) in [6, 6.07) is 21.9. The number of benzene rings is 4. The number of fused-ring (bicyclic) bond motifs is 4. The largest absolute Gasteiger partial charge is 0.504 e. The molecule has 4 aliphatic rings. The van der Waals surface area contributed by atoms with Crippen molar-refractivity contribution >= 4 is 80.2 Å². The quantitative estimate of drug-likeness (QED) is 0.134. The lowest BCUT2D eigenvalue weighted by atomic mass is 9.49. The van der Waals surface area contributed by atoms with E-state index in [1.807, 2.05) is 6.08 Å². The molecule has 1 saturated carbocycles. The predicted octanol–water partition coefficient (Wildman–Crippen LogP) is 8.31. The fourth-order valence-corrected chi connectivity index (χ4v) is 10.1. The fraction of sp³-hybridized carbons (Fsp3) is 0.238. The third-order valence-corrected chi connectivity index (χ3v) is 12.6. The van der Waals surface area contributed by atoms with Crippen LogP contribution in [0.1, 0.15) is 35.4 Å². The van der Waals surface area contributed by atoms with E-state index in [0.717, 1.165) is 10.6 Å². The molecule has 13 heteroatoms. The van der Waals surface area contributed by atoms with Gasteiger partial charge in [-0.15, -0.1) is 0 Å². The highest BCUT2D eigenvalue weighted by Crippen LogP contribution is 2.65. The molecule has 0 spiro atoms. The van der Waals surface area contributed by atoms with Gasteiger partial charge in [-0.2, -0.15) is 5.01 Å². The summed E-state index contributed by atoms with van der Waals surface area (Å²) < 4.78 is 11.6. The highest BCUT2D eigenvalue weighted by atomic mass is 79.9. The molecule has 2 saturated heterocycles. The Morgan fingerprint density at radius 1 is 0.909 bits per heavy atom. The molecule has 0 bridgehead atoms. The number of nitrogens with zero attached hydrogens (tertiary/aromatic N) is 2. The van der Waals surface area contributed by atoms with Crippen molar-refractivity contribution < 1.29 is 33.8 Å². The van der Waals surface area contributed by atoms with E-state index < -0.39 is 46.8 Å². The molecular weight excluding hydrogens is 809 g/mol. The Kier molecular flexibility index (Phi) is 9.30. The number of hydrogen-bond donors (Lipinski definition) is 2. The molecule has 0 radical (unpaired) electrons. The van der Waals surface area contributed by atoms with Gasteiger partial charge in [0.25, 0.3) is 11.8 Å². The molecule has 8 rings (SSSR count). The summed E-state index contributed by atoms with van der Waals surface area (Å²) in [4.78, 5) is 60.5. The van der Waals surface area contributed by atoms with E-state index in [0.29, 0.717) is 37.6 Å². The Bertz CT molecular complexity index is 2330. The average molecular weight is 844 g/mol. The summed E-state index contributed by atoms with van der Waals surface area (Å²) in [5, 5.41) is 13.5. The van der Waals surface area contributed by atoms with Gasteiger partial charge in [-0.3, -0.25) is 29.5 Å². The summed E-state index contributed by atoms with van der Waals surface area (Å²) in [5.41, 5.74) is 4.32.